The number of rotatable bonds is 4. The van der Waals surface area contributed by atoms with Crippen LogP contribution in [0.4, 0.5) is 23.4 Å². The normalized spacial score (nSPS) is 25.9. The summed E-state index contributed by atoms with van der Waals surface area (Å²) in [7, 11) is 0. The van der Waals surface area contributed by atoms with Gasteiger partial charge in [-0.3, -0.25) is 4.90 Å². The molecule has 0 saturated carbocycles. The van der Waals surface area contributed by atoms with E-state index >= 15 is 8.78 Å². The highest BCUT2D eigenvalue weighted by Gasteiger charge is 2.56. The lowest BCUT2D eigenvalue weighted by molar-refractivity contribution is 0.0560. The molecule has 0 aliphatic carbocycles. The molecule has 0 spiro atoms. The zero-order valence-electron chi connectivity index (χ0n) is 24.2. The Bertz CT molecular complexity index is 1920. The van der Waals surface area contributed by atoms with Crippen molar-refractivity contribution in [1.82, 2.24) is 19.9 Å². The highest BCUT2D eigenvalue weighted by molar-refractivity contribution is 6.04. The van der Waals surface area contributed by atoms with E-state index in [1.165, 1.54) is 24.3 Å². The number of pyridine rings is 1. The van der Waals surface area contributed by atoms with Gasteiger partial charge in [0.1, 0.15) is 59.5 Å². The SMILES string of the molecule is C#Cc1c(F)ccc2cc(O)cc(-c3nc4c5c(nc(OC[C@]67C[C@@H](F)CN6CC[C@H]7F)nc5c3F)N3CCCC[C@H]3CO4)c12. The molecule has 4 aliphatic heterocycles. The van der Waals surface area contributed by atoms with Gasteiger partial charge in [0.25, 0.3) is 0 Å². The Balaban J connectivity index is 1.33. The molecule has 45 heavy (non-hydrogen) atoms. The molecular formula is C33H29F4N5O3. The van der Waals surface area contributed by atoms with Crippen LogP contribution in [0.5, 0.6) is 17.6 Å². The molecule has 0 amide bonds. The van der Waals surface area contributed by atoms with Crippen molar-refractivity contribution in [3.63, 3.8) is 0 Å². The molecule has 8 nitrogen and oxygen atoms in total. The molecule has 6 heterocycles. The lowest BCUT2D eigenvalue weighted by Crippen LogP contribution is -2.49. The van der Waals surface area contributed by atoms with E-state index in [9.17, 15) is 13.9 Å². The number of hydrogen-bond donors (Lipinski definition) is 1. The minimum atomic E-state index is -1.29. The van der Waals surface area contributed by atoms with Crippen LogP contribution >= 0.6 is 0 Å². The fourth-order valence-corrected chi connectivity index (χ4v) is 7.65. The van der Waals surface area contributed by atoms with Crippen LogP contribution in [-0.2, 0) is 0 Å². The number of halogens is 4. The Kier molecular flexibility index (Phi) is 6.46. The molecule has 2 aromatic heterocycles. The van der Waals surface area contributed by atoms with Gasteiger partial charge in [-0.1, -0.05) is 12.0 Å². The zero-order chi connectivity index (χ0) is 31.0. The van der Waals surface area contributed by atoms with Gasteiger partial charge in [-0.05, 0) is 49.3 Å². The predicted octanol–water partition coefficient (Wildman–Crippen LogP) is 5.46. The van der Waals surface area contributed by atoms with Gasteiger partial charge in [-0.25, -0.2) is 22.5 Å². The molecule has 12 heteroatoms. The van der Waals surface area contributed by atoms with Crippen molar-refractivity contribution in [2.45, 2.75) is 56.0 Å². The van der Waals surface area contributed by atoms with Crippen molar-refractivity contribution >= 4 is 27.5 Å². The van der Waals surface area contributed by atoms with Gasteiger partial charge in [0.05, 0.1) is 17.1 Å². The summed E-state index contributed by atoms with van der Waals surface area (Å²) in [5, 5.41) is 11.4. The number of aromatic hydroxyl groups is 1. The van der Waals surface area contributed by atoms with E-state index in [0.29, 0.717) is 24.3 Å². The van der Waals surface area contributed by atoms with Crippen molar-refractivity contribution in [1.29, 1.82) is 0 Å². The summed E-state index contributed by atoms with van der Waals surface area (Å²) >= 11 is 0. The third kappa shape index (κ3) is 4.27. The third-order valence-electron chi connectivity index (χ3n) is 9.79. The van der Waals surface area contributed by atoms with E-state index in [-0.39, 0.29) is 89.4 Å². The van der Waals surface area contributed by atoms with E-state index in [1.807, 2.05) is 4.90 Å². The second kappa shape index (κ2) is 10.3. The Hall–Kier alpha value is -4.37. The van der Waals surface area contributed by atoms with Crippen LogP contribution in [-0.4, -0.2) is 81.7 Å². The van der Waals surface area contributed by atoms with Gasteiger partial charge in [-0.2, -0.15) is 9.97 Å². The Morgan fingerprint density at radius 1 is 1.09 bits per heavy atom. The quantitative estimate of drug-likeness (QED) is 0.238. The molecule has 2 aromatic carbocycles. The number of phenols is 1. The fraction of sp³-hybridized carbons (Fsp3) is 0.424. The Morgan fingerprint density at radius 3 is 2.80 bits per heavy atom. The highest BCUT2D eigenvalue weighted by atomic mass is 19.1. The molecular weight excluding hydrogens is 590 g/mol. The van der Waals surface area contributed by atoms with Gasteiger partial charge in [0.15, 0.2) is 5.82 Å². The third-order valence-corrected chi connectivity index (χ3v) is 9.79. The Labute approximate surface area is 256 Å². The maximum Gasteiger partial charge on any atom is 0.319 e. The van der Waals surface area contributed by atoms with Crippen LogP contribution < -0.4 is 14.4 Å². The number of alkyl halides is 2. The van der Waals surface area contributed by atoms with Crippen molar-refractivity contribution in [2.75, 3.05) is 37.7 Å². The zero-order valence-corrected chi connectivity index (χ0v) is 24.2. The summed E-state index contributed by atoms with van der Waals surface area (Å²) < 4.78 is 73.6. The summed E-state index contributed by atoms with van der Waals surface area (Å²) in [5.41, 5.74) is -1.61. The number of terminal acetylenes is 1. The summed E-state index contributed by atoms with van der Waals surface area (Å²) in [6, 6.07) is 5.05. The number of fused-ring (bicyclic) bond motifs is 4. The lowest BCUT2D eigenvalue weighted by atomic mass is 9.93. The molecule has 3 fully saturated rings. The first kappa shape index (κ1) is 28.1. The van der Waals surface area contributed by atoms with Gasteiger partial charge in [0.2, 0.25) is 5.88 Å². The molecule has 4 aliphatic rings. The van der Waals surface area contributed by atoms with Gasteiger partial charge in [-0.15, -0.1) is 6.42 Å². The van der Waals surface area contributed by atoms with E-state index in [4.69, 9.17) is 20.9 Å². The number of ether oxygens (including phenoxy) is 2. The number of benzene rings is 2. The first-order valence-corrected chi connectivity index (χ1v) is 15.2. The predicted molar refractivity (Wildman–Crippen MR) is 159 cm³/mol. The minimum Gasteiger partial charge on any atom is -0.508 e. The second-order valence-corrected chi connectivity index (χ2v) is 12.3. The second-order valence-electron chi connectivity index (χ2n) is 12.3. The maximum atomic E-state index is 16.8. The van der Waals surface area contributed by atoms with Crippen molar-refractivity contribution < 1.29 is 32.1 Å². The summed E-state index contributed by atoms with van der Waals surface area (Å²) in [6.07, 6.45) is 6.15. The first-order valence-electron chi connectivity index (χ1n) is 15.2. The minimum absolute atomic E-state index is 0.0120. The van der Waals surface area contributed by atoms with Crippen LogP contribution in [0.3, 0.4) is 0 Å². The van der Waals surface area contributed by atoms with Gasteiger partial charge in [0, 0.05) is 37.0 Å². The molecule has 4 atom stereocenters. The molecule has 0 radical (unpaired) electrons. The number of phenolic OH excluding ortho intramolecular Hbond substituents is 1. The van der Waals surface area contributed by atoms with Crippen molar-refractivity contribution in [3.8, 4) is 41.2 Å². The topological polar surface area (TPSA) is 83.8 Å². The Morgan fingerprint density at radius 2 is 1.96 bits per heavy atom. The first-order chi connectivity index (χ1) is 21.8. The van der Waals surface area contributed by atoms with E-state index < -0.39 is 29.5 Å². The van der Waals surface area contributed by atoms with Crippen molar-refractivity contribution in [2.24, 2.45) is 0 Å². The molecule has 4 aromatic rings. The van der Waals surface area contributed by atoms with Crippen LogP contribution in [0, 0.1) is 24.0 Å². The number of piperidine rings is 1. The summed E-state index contributed by atoms with van der Waals surface area (Å²) in [5.74, 6) is 1.04. The molecule has 3 saturated heterocycles. The van der Waals surface area contributed by atoms with E-state index in [2.05, 4.69) is 15.9 Å². The molecule has 232 valence electrons. The van der Waals surface area contributed by atoms with E-state index in [0.717, 1.165) is 19.3 Å². The van der Waals surface area contributed by atoms with E-state index in [1.54, 1.807) is 4.90 Å². The smallest absolute Gasteiger partial charge is 0.319 e. The number of nitrogens with zero attached hydrogens (tertiary/aromatic N) is 5. The largest absolute Gasteiger partial charge is 0.508 e. The number of hydrogen-bond acceptors (Lipinski definition) is 8. The maximum absolute atomic E-state index is 16.8. The number of anilines is 1. The van der Waals surface area contributed by atoms with Gasteiger partial charge < -0.3 is 19.5 Å². The summed E-state index contributed by atoms with van der Waals surface area (Å²) in [6.45, 7) is 1.24. The number of aromatic nitrogens is 3. The lowest BCUT2D eigenvalue weighted by Gasteiger charge is -2.35. The highest BCUT2D eigenvalue weighted by Crippen LogP contribution is 2.45. The van der Waals surface area contributed by atoms with Gasteiger partial charge >= 0.3 is 6.01 Å². The van der Waals surface area contributed by atoms with Crippen LogP contribution in [0.15, 0.2) is 24.3 Å². The molecule has 1 N–H and O–H groups in total. The molecule has 0 bridgehead atoms. The molecule has 0 unspecified atom stereocenters. The van der Waals surface area contributed by atoms with Crippen LogP contribution in [0.2, 0.25) is 0 Å². The summed E-state index contributed by atoms with van der Waals surface area (Å²) in [4.78, 5) is 17.5. The average Bonchev–Trinajstić information content (AvgIpc) is 3.46. The molecule has 8 rings (SSSR count). The standard InChI is InChI=1S/C33H29F4N5O3/c1-2-21-23(35)7-6-17-11-20(43)12-22(25(17)21)28-27(37)29-26-30(42-9-4-3-5-19(42)15-44-31(26)38-28)40-32(39-29)45-16-33-13-18(34)14-41(33)10-8-24(33)36/h1,6-7,11-12,18-19,24,43H,3-5,8-10,13-16H2/t18-,19+,24-,33+/m1/s1. The van der Waals surface area contributed by atoms with Crippen LogP contribution in [0.1, 0.15) is 37.7 Å². The fourth-order valence-electron chi connectivity index (χ4n) is 7.65. The average molecular weight is 620 g/mol. The van der Waals surface area contributed by atoms with Crippen molar-refractivity contribution in [3.05, 3.63) is 41.5 Å². The van der Waals surface area contributed by atoms with Crippen LogP contribution in [0.25, 0.3) is 32.9 Å². The monoisotopic (exact) mass is 619 g/mol.